The molecule has 1 atom stereocenters. The smallest absolute Gasteiger partial charge is 0.220 e. The first-order valence-corrected chi connectivity index (χ1v) is 8.37. The average Bonchev–Trinajstić information content (AvgIpc) is 2.60. The Morgan fingerprint density at radius 1 is 1.38 bits per heavy atom. The molecule has 1 unspecified atom stereocenters. The van der Waals surface area contributed by atoms with Crippen molar-refractivity contribution in [3.63, 3.8) is 0 Å². The zero-order chi connectivity index (χ0) is 16.7. The maximum atomic E-state index is 12.2. The number of ether oxygens (including phenoxy) is 1. The summed E-state index contributed by atoms with van der Waals surface area (Å²) in [6.45, 7) is 0.755. The van der Waals surface area contributed by atoms with Gasteiger partial charge in [-0.05, 0) is 42.5 Å². The molecule has 6 heteroatoms. The Labute approximate surface area is 150 Å². The highest BCUT2D eigenvalue weighted by Crippen LogP contribution is 2.38. The van der Waals surface area contributed by atoms with Crippen LogP contribution in [-0.4, -0.2) is 31.2 Å². The van der Waals surface area contributed by atoms with Crippen LogP contribution in [0.3, 0.4) is 0 Å². The van der Waals surface area contributed by atoms with E-state index in [1.165, 1.54) is 6.42 Å². The van der Waals surface area contributed by atoms with Gasteiger partial charge in [0.15, 0.2) is 0 Å². The standard InChI is InChI=1S/C18H28N2O3.ClH/c1-23-15-7-5-6-14(10-15)16(21)12-20-17(22)11-18(13-19)8-3-2-4-9-18;/h5-7,10,16,21H,2-4,8-9,11-13,19H2,1H3,(H,20,22);1H. The Balaban J connectivity index is 0.00000288. The van der Waals surface area contributed by atoms with E-state index in [-0.39, 0.29) is 30.3 Å². The first kappa shape index (κ1) is 20.7. The van der Waals surface area contributed by atoms with Crippen molar-refractivity contribution in [2.75, 3.05) is 20.2 Å². The van der Waals surface area contributed by atoms with Crippen LogP contribution in [0.5, 0.6) is 5.75 Å². The summed E-state index contributed by atoms with van der Waals surface area (Å²) in [6, 6.07) is 7.24. The van der Waals surface area contributed by atoms with E-state index in [0.717, 1.165) is 31.2 Å². The minimum absolute atomic E-state index is 0. The number of hydrogen-bond acceptors (Lipinski definition) is 4. The van der Waals surface area contributed by atoms with Gasteiger partial charge in [-0.1, -0.05) is 31.4 Å². The minimum atomic E-state index is -0.741. The third kappa shape index (κ3) is 5.65. The second-order valence-corrected chi connectivity index (χ2v) is 6.54. The Morgan fingerprint density at radius 3 is 2.71 bits per heavy atom. The maximum absolute atomic E-state index is 12.2. The van der Waals surface area contributed by atoms with E-state index in [2.05, 4.69) is 5.32 Å². The van der Waals surface area contributed by atoms with Crippen LogP contribution < -0.4 is 15.8 Å². The summed E-state index contributed by atoms with van der Waals surface area (Å²) in [4.78, 5) is 12.2. The Kier molecular flexibility index (Phi) is 8.53. The van der Waals surface area contributed by atoms with Crippen molar-refractivity contribution in [1.82, 2.24) is 5.32 Å². The predicted octanol–water partition coefficient (Wildman–Crippen LogP) is 2.57. The number of nitrogens with one attached hydrogen (secondary N) is 1. The van der Waals surface area contributed by atoms with Crippen molar-refractivity contribution in [2.24, 2.45) is 11.1 Å². The van der Waals surface area contributed by atoms with E-state index in [1.54, 1.807) is 13.2 Å². The Hall–Kier alpha value is -1.30. The molecular weight excluding hydrogens is 328 g/mol. The molecule has 0 aromatic heterocycles. The van der Waals surface area contributed by atoms with Gasteiger partial charge in [0.2, 0.25) is 5.91 Å². The number of aliphatic hydroxyl groups is 1. The van der Waals surface area contributed by atoms with Gasteiger partial charge in [-0.3, -0.25) is 4.79 Å². The summed E-state index contributed by atoms with van der Waals surface area (Å²) < 4.78 is 5.15. The van der Waals surface area contributed by atoms with Gasteiger partial charge in [0.05, 0.1) is 13.2 Å². The van der Waals surface area contributed by atoms with E-state index in [4.69, 9.17) is 10.5 Å². The molecule has 1 aromatic rings. The van der Waals surface area contributed by atoms with Crippen molar-refractivity contribution in [1.29, 1.82) is 0 Å². The Morgan fingerprint density at radius 2 is 2.08 bits per heavy atom. The van der Waals surface area contributed by atoms with Crippen LogP contribution in [0.2, 0.25) is 0 Å². The zero-order valence-corrected chi connectivity index (χ0v) is 15.1. The van der Waals surface area contributed by atoms with Crippen molar-refractivity contribution < 1.29 is 14.6 Å². The van der Waals surface area contributed by atoms with E-state index in [1.807, 2.05) is 18.2 Å². The average molecular weight is 357 g/mol. The lowest BCUT2D eigenvalue weighted by molar-refractivity contribution is -0.124. The van der Waals surface area contributed by atoms with Gasteiger partial charge in [-0.25, -0.2) is 0 Å². The number of aliphatic hydroxyl groups excluding tert-OH is 1. The summed E-state index contributed by atoms with van der Waals surface area (Å²) in [6.07, 6.45) is 5.29. The first-order chi connectivity index (χ1) is 11.1. The van der Waals surface area contributed by atoms with Gasteiger partial charge in [-0.15, -0.1) is 12.4 Å². The SMILES string of the molecule is COc1cccc(C(O)CNC(=O)CC2(CN)CCCCC2)c1.Cl. The molecule has 0 heterocycles. The molecule has 1 aliphatic rings. The molecule has 5 nitrogen and oxygen atoms in total. The van der Waals surface area contributed by atoms with E-state index < -0.39 is 6.10 Å². The lowest BCUT2D eigenvalue weighted by Crippen LogP contribution is -2.39. The molecule has 1 aromatic carbocycles. The topological polar surface area (TPSA) is 84.6 Å². The number of carbonyl (C=O) groups excluding carboxylic acids is 1. The van der Waals surface area contributed by atoms with Crippen LogP contribution in [0.4, 0.5) is 0 Å². The third-order valence-electron chi connectivity index (χ3n) is 4.85. The van der Waals surface area contributed by atoms with Gasteiger partial charge >= 0.3 is 0 Å². The van der Waals surface area contributed by atoms with Crippen molar-refractivity contribution in [3.05, 3.63) is 29.8 Å². The number of hydrogen-bond donors (Lipinski definition) is 3. The maximum Gasteiger partial charge on any atom is 0.220 e. The van der Waals surface area contributed by atoms with E-state index in [0.29, 0.717) is 18.7 Å². The highest BCUT2D eigenvalue weighted by molar-refractivity contribution is 5.85. The molecule has 1 saturated carbocycles. The number of benzene rings is 1. The summed E-state index contributed by atoms with van der Waals surface area (Å²) in [5.41, 5.74) is 6.60. The fourth-order valence-electron chi connectivity index (χ4n) is 3.34. The number of halogens is 1. The zero-order valence-electron chi connectivity index (χ0n) is 14.3. The number of rotatable bonds is 7. The molecule has 24 heavy (non-hydrogen) atoms. The minimum Gasteiger partial charge on any atom is -0.497 e. The highest BCUT2D eigenvalue weighted by Gasteiger charge is 2.32. The molecule has 1 aliphatic carbocycles. The van der Waals surface area contributed by atoms with Gasteiger partial charge in [0.1, 0.15) is 5.75 Å². The molecular formula is C18H29ClN2O3. The van der Waals surface area contributed by atoms with E-state index in [9.17, 15) is 9.90 Å². The third-order valence-corrected chi connectivity index (χ3v) is 4.85. The van der Waals surface area contributed by atoms with Crippen LogP contribution in [0.25, 0.3) is 0 Å². The van der Waals surface area contributed by atoms with Crippen LogP contribution >= 0.6 is 12.4 Å². The normalized spacial score (nSPS) is 17.5. The summed E-state index contributed by atoms with van der Waals surface area (Å²) >= 11 is 0. The molecule has 1 fully saturated rings. The van der Waals surface area contributed by atoms with Crippen molar-refractivity contribution >= 4 is 18.3 Å². The summed E-state index contributed by atoms with van der Waals surface area (Å²) in [5, 5.41) is 13.1. The number of amides is 1. The fraction of sp³-hybridized carbons (Fsp3) is 0.611. The van der Waals surface area contributed by atoms with Crippen molar-refractivity contribution in [2.45, 2.75) is 44.6 Å². The van der Waals surface area contributed by atoms with Crippen LogP contribution in [0.1, 0.15) is 50.2 Å². The predicted molar refractivity (Wildman–Crippen MR) is 97.4 cm³/mol. The number of nitrogens with two attached hydrogens (primary N) is 1. The molecule has 0 aliphatic heterocycles. The molecule has 0 spiro atoms. The summed E-state index contributed by atoms with van der Waals surface area (Å²) in [7, 11) is 1.59. The molecule has 1 amide bonds. The summed E-state index contributed by atoms with van der Waals surface area (Å²) in [5.74, 6) is 0.663. The highest BCUT2D eigenvalue weighted by atomic mass is 35.5. The molecule has 136 valence electrons. The Bertz CT molecular complexity index is 519. The second-order valence-electron chi connectivity index (χ2n) is 6.54. The molecule has 4 N–H and O–H groups in total. The molecule has 0 saturated heterocycles. The van der Waals surface area contributed by atoms with Gasteiger partial charge < -0.3 is 20.9 Å². The van der Waals surface area contributed by atoms with Gasteiger partial charge in [0.25, 0.3) is 0 Å². The van der Waals surface area contributed by atoms with Crippen LogP contribution in [-0.2, 0) is 4.79 Å². The molecule has 0 bridgehead atoms. The van der Waals surface area contributed by atoms with Gasteiger partial charge in [-0.2, -0.15) is 0 Å². The fourth-order valence-corrected chi connectivity index (χ4v) is 3.34. The van der Waals surface area contributed by atoms with E-state index >= 15 is 0 Å². The number of methoxy groups -OCH3 is 1. The van der Waals surface area contributed by atoms with Crippen LogP contribution in [0.15, 0.2) is 24.3 Å². The molecule has 0 radical (unpaired) electrons. The molecule has 2 rings (SSSR count). The second kappa shape index (κ2) is 9.87. The van der Waals surface area contributed by atoms with Crippen molar-refractivity contribution in [3.8, 4) is 5.75 Å². The number of carbonyl (C=O) groups is 1. The van der Waals surface area contributed by atoms with Crippen LogP contribution in [0, 0.1) is 5.41 Å². The monoisotopic (exact) mass is 356 g/mol. The lowest BCUT2D eigenvalue weighted by atomic mass is 9.71. The van der Waals surface area contributed by atoms with Gasteiger partial charge in [0, 0.05) is 13.0 Å². The quantitative estimate of drug-likeness (QED) is 0.701. The first-order valence-electron chi connectivity index (χ1n) is 8.37. The largest absolute Gasteiger partial charge is 0.497 e. The lowest BCUT2D eigenvalue weighted by Gasteiger charge is -2.35.